The molecular weight excluding hydrogens is 563 g/mol. The summed E-state index contributed by atoms with van der Waals surface area (Å²) in [4.78, 5) is 48.8. The van der Waals surface area contributed by atoms with Crippen molar-refractivity contribution < 1.29 is 9.59 Å². The molecule has 1 saturated heterocycles. The summed E-state index contributed by atoms with van der Waals surface area (Å²) in [5.74, 6) is 1.01. The lowest BCUT2D eigenvalue weighted by atomic mass is 10.1. The highest BCUT2D eigenvalue weighted by molar-refractivity contribution is 6.35. The van der Waals surface area contributed by atoms with E-state index >= 15 is 0 Å². The van der Waals surface area contributed by atoms with Crippen molar-refractivity contribution in [1.29, 1.82) is 0 Å². The van der Waals surface area contributed by atoms with E-state index in [1.54, 1.807) is 18.2 Å². The Morgan fingerprint density at radius 1 is 1.10 bits per heavy atom. The van der Waals surface area contributed by atoms with Crippen LogP contribution < -0.4 is 10.2 Å². The molecule has 216 valence electrons. The number of imidazole rings is 1. The van der Waals surface area contributed by atoms with Crippen molar-refractivity contribution in [3.05, 3.63) is 52.3 Å². The Bertz CT molecular complexity index is 1570. The van der Waals surface area contributed by atoms with E-state index in [0.717, 1.165) is 43.4 Å². The summed E-state index contributed by atoms with van der Waals surface area (Å²) in [7, 11) is 3.89. The summed E-state index contributed by atoms with van der Waals surface area (Å²) in [6, 6.07) is 8.94. The number of carbonyl (C=O) groups excluding carboxylic acids is 2. The molecule has 1 fully saturated rings. The van der Waals surface area contributed by atoms with E-state index in [1.165, 1.54) is 6.33 Å². The first-order chi connectivity index (χ1) is 19.7. The van der Waals surface area contributed by atoms with Crippen LogP contribution in [0.25, 0.3) is 21.9 Å². The minimum absolute atomic E-state index is 0.0239. The maximum absolute atomic E-state index is 13.1. The van der Waals surface area contributed by atoms with Gasteiger partial charge in [-0.2, -0.15) is 0 Å². The van der Waals surface area contributed by atoms with Gasteiger partial charge in [-0.15, -0.1) is 0 Å². The van der Waals surface area contributed by atoms with Crippen molar-refractivity contribution >= 4 is 68.7 Å². The lowest BCUT2D eigenvalue weighted by molar-refractivity contribution is -0.122. The van der Waals surface area contributed by atoms with Crippen LogP contribution in [0.2, 0.25) is 10.0 Å². The van der Waals surface area contributed by atoms with Crippen LogP contribution in [0.5, 0.6) is 0 Å². The second kappa shape index (κ2) is 12.6. The maximum Gasteiger partial charge on any atom is 0.255 e. The Hall–Kier alpha value is -3.47. The van der Waals surface area contributed by atoms with Crippen LogP contribution >= 0.6 is 23.2 Å². The number of amides is 2. The fraction of sp³-hybridized carbons (Fsp3) is 0.414. The molecule has 0 bridgehead atoms. The number of aromatic nitrogens is 4. The highest BCUT2D eigenvalue weighted by Gasteiger charge is 2.25. The highest BCUT2D eigenvalue weighted by Crippen LogP contribution is 2.34. The summed E-state index contributed by atoms with van der Waals surface area (Å²) in [5, 5.41) is 4.69. The molecule has 2 amide bonds. The number of aromatic amines is 1. The van der Waals surface area contributed by atoms with Crippen LogP contribution in [0.4, 0.5) is 11.8 Å². The summed E-state index contributed by atoms with van der Waals surface area (Å²) in [5.41, 5.74) is 2.56. The number of hydrogen-bond donors (Lipinski definition) is 2. The maximum atomic E-state index is 13.1. The molecule has 3 heterocycles. The molecule has 2 aromatic heterocycles. The van der Waals surface area contributed by atoms with Gasteiger partial charge in [0.25, 0.3) is 5.91 Å². The van der Waals surface area contributed by atoms with Crippen molar-refractivity contribution in [2.75, 3.05) is 38.6 Å². The van der Waals surface area contributed by atoms with E-state index in [0.29, 0.717) is 57.7 Å². The number of rotatable bonds is 10. The lowest BCUT2D eigenvalue weighted by Gasteiger charge is -2.25. The lowest BCUT2D eigenvalue weighted by Crippen LogP contribution is -2.44. The summed E-state index contributed by atoms with van der Waals surface area (Å²) in [6.45, 7) is 3.94. The van der Waals surface area contributed by atoms with E-state index in [9.17, 15) is 9.59 Å². The number of hydrogen-bond acceptors (Lipinski definition) is 7. The molecule has 2 N–H and O–H groups in total. The quantitative estimate of drug-likeness (QED) is 0.236. The van der Waals surface area contributed by atoms with Crippen LogP contribution in [-0.4, -0.2) is 81.4 Å². The number of halogens is 2. The van der Waals surface area contributed by atoms with Crippen LogP contribution in [0.3, 0.4) is 0 Å². The van der Waals surface area contributed by atoms with E-state index in [1.807, 2.05) is 47.9 Å². The van der Waals surface area contributed by atoms with E-state index in [-0.39, 0.29) is 18.0 Å². The Labute approximate surface area is 249 Å². The van der Waals surface area contributed by atoms with Gasteiger partial charge in [0.1, 0.15) is 12.1 Å². The predicted octanol–water partition coefficient (Wildman–Crippen LogP) is 5.38. The van der Waals surface area contributed by atoms with Crippen molar-refractivity contribution in [2.24, 2.45) is 0 Å². The minimum atomic E-state index is -0.0882. The zero-order valence-corrected chi connectivity index (χ0v) is 25.0. The van der Waals surface area contributed by atoms with Gasteiger partial charge in [0.05, 0.1) is 33.3 Å². The van der Waals surface area contributed by atoms with E-state index in [4.69, 9.17) is 28.2 Å². The van der Waals surface area contributed by atoms with Gasteiger partial charge < -0.3 is 15.2 Å². The fourth-order valence-electron chi connectivity index (χ4n) is 5.19. The molecular formula is C29H34Cl2N8O2. The average Bonchev–Trinajstić information content (AvgIpc) is 3.63. The molecule has 0 spiro atoms. The third-order valence-electron chi connectivity index (χ3n) is 7.39. The molecule has 2 aromatic carbocycles. The summed E-state index contributed by atoms with van der Waals surface area (Å²) >= 11 is 12.9. The fourth-order valence-corrected chi connectivity index (χ4v) is 5.61. The van der Waals surface area contributed by atoms with Gasteiger partial charge in [-0.05, 0) is 70.1 Å². The second-order valence-corrected chi connectivity index (χ2v) is 11.3. The van der Waals surface area contributed by atoms with Crippen LogP contribution in [-0.2, 0) is 4.79 Å². The van der Waals surface area contributed by atoms with Crippen molar-refractivity contribution in [3.8, 4) is 0 Å². The van der Waals surface area contributed by atoms with Crippen molar-refractivity contribution in [2.45, 2.75) is 45.2 Å². The second-order valence-electron chi connectivity index (χ2n) is 10.5. The zero-order chi connectivity index (χ0) is 29.1. The topological polar surface area (TPSA) is 110 Å². The van der Waals surface area contributed by atoms with Crippen molar-refractivity contribution in [1.82, 2.24) is 35.1 Å². The first kappa shape index (κ1) is 29.0. The molecule has 1 aliphatic rings. The molecule has 0 aliphatic carbocycles. The number of H-pyrrole nitrogens is 1. The standard InChI is InChI=1S/C29H34Cl2N8O2/c1-4-25(37(2)3)36-26(40)8-7-13-39(29-34-22-10-9-18(30)14-24(22)35-29)27-20-15-21(31)19(16-23(20)32-17-33-27)28(41)38-11-5-6-12-38/h9-10,14-17,25H,4-8,11-13H2,1-3H3,(H,34,35)(H,36,40). The SMILES string of the molecule is CCC(NC(=O)CCCN(c1nc2ccc(Cl)cc2[nH]1)c1ncnc2cc(C(=O)N3CCCC3)c(Cl)cc12)N(C)C. The highest BCUT2D eigenvalue weighted by atomic mass is 35.5. The molecule has 4 aromatic rings. The number of benzene rings is 2. The number of likely N-dealkylation sites (tertiary alicyclic amines) is 1. The van der Waals surface area contributed by atoms with E-state index in [2.05, 4.69) is 20.3 Å². The van der Waals surface area contributed by atoms with Gasteiger partial charge in [0, 0.05) is 36.5 Å². The number of carbonyl (C=O) groups is 2. The zero-order valence-electron chi connectivity index (χ0n) is 23.5. The number of anilines is 2. The largest absolute Gasteiger partial charge is 0.341 e. The molecule has 10 nitrogen and oxygen atoms in total. The van der Waals surface area contributed by atoms with Crippen LogP contribution in [0.1, 0.15) is 49.4 Å². The monoisotopic (exact) mass is 596 g/mol. The van der Waals surface area contributed by atoms with E-state index < -0.39 is 0 Å². The molecule has 0 radical (unpaired) electrons. The average molecular weight is 598 g/mol. The van der Waals surface area contributed by atoms with Gasteiger partial charge in [-0.1, -0.05) is 30.1 Å². The van der Waals surface area contributed by atoms with Gasteiger partial charge in [0.2, 0.25) is 11.9 Å². The Morgan fingerprint density at radius 2 is 1.88 bits per heavy atom. The smallest absolute Gasteiger partial charge is 0.255 e. The van der Waals surface area contributed by atoms with Crippen LogP contribution in [0.15, 0.2) is 36.7 Å². The number of nitrogens with zero attached hydrogens (tertiary/aromatic N) is 6. The normalized spacial score (nSPS) is 14.2. The first-order valence-corrected chi connectivity index (χ1v) is 14.6. The van der Waals surface area contributed by atoms with Gasteiger partial charge in [-0.25, -0.2) is 15.0 Å². The minimum Gasteiger partial charge on any atom is -0.341 e. The molecule has 41 heavy (non-hydrogen) atoms. The predicted molar refractivity (Wildman–Crippen MR) is 163 cm³/mol. The molecule has 12 heteroatoms. The number of fused-ring (bicyclic) bond motifs is 2. The molecule has 1 unspecified atom stereocenters. The Morgan fingerprint density at radius 3 is 2.61 bits per heavy atom. The van der Waals surface area contributed by atoms with Crippen molar-refractivity contribution in [3.63, 3.8) is 0 Å². The third kappa shape index (κ3) is 6.39. The number of nitrogens with one attached hydrogen (secondary N) is 2. The first-order valence-electron chi connectivity index (χ1n) is 13.9. The molecule has 1 aliphatic heterocycles. The molecule has 0 saturated carbocycles. The molecule has 5 rings (SSSR count). The van der Waals surface area contributed by atoms with Crippen LogP contribution in [0, 0.1) is 0 Å². The Balaban J connectivity index is 1.48. The molecule has 1 atom stereocenters. The Kier molecular flexibility index (Phi) is 8.91. The summed E-state index contributed by atoms with van der Waals surface area (Å²) in [6.07, 6.45) is 5.11. The summed E-state index contributed by atoms with van der Waals surface area (Å²) < 4.78 is 0. The van der Waals surface area contributed by atoms with Gasteiger partial charge in [-0.3, -0.25) is 19.4 Å². The van der Waals surface area contributed by atoms with Gasteiger partial charge in [0.15, 0.2) is 0 Å². The van der Waals surface area contributed by atoms with Gasteiger partial charge >= 0.3 is 0 Å². The third-order valence-corrected chi connectivity index (χ3v) is 7.94.